The molecule has 0 bridgehead atoms. The Hall–Kier alpha value is -2.58. The van der Waals surface area contributed by atoms with E-state index in [9.17, 15) is 14.4 Å². The fourth-order valence-corrected chi connectivity index (χ4v) is 2.02. The molecule has 1 fully saturated rings. The van der Waals surface area contributed by atoms with Crippen LogP contribution in [0.3, 0.4) is 0 Å². The predicted octanol–water partition coefficient (Wildman–Crippen LogP) is -0.104. The van der Waals surface area contributed by atoms with E-state index in [0.717, 1.165) is 4.57 Å². The van der Waals surface area contributed by atoms with Crippen LogP contribution in [0, 0.1) is 6.92 Å². The van der Waals surface area contributed by atoms with Crippen LogP contribution in [0.15, 0.2) is 20.9 Å². The molecule has 2 N–H and O–H groups in total. The molecule has 20 heavy (non-hydrogen) atoms. The van der Waals surface area contributed by atoms with Crippen molar-refractivity contribution in [2.45, 2.75) is 31.7 Å². The Balaban J connectivity index is 2.38. The maximum Gasteiger partial charge on any atom is 0.333 e. The zero-order chi connectivity index (χ0) is 14.9. The van der Waals surface area contributed by atoms with E-state index >= 15 is 0 Å². The first-order valence-corrected chi connectivity index (χ1v) is 5.68. The van der Waals surface area contributed by atoms with Crippen molar-refractivity contribution >= 4 is 5.97 Å². The zero-order valence-electron chi connectivity index (χ0n) is 10.4. The molecule has 1 aliphatic rings. The van der Waals surface area contributed by atoms with Gasteiger partial charge < -0.3 is 9.84 Å². The van der Waals surface area contributed by atoms with Crippen molar-refractivity contribution in [3.63, 3.8) is 0 Å². The van der Waals surface area contributed by atoms with Gasteiger partial charge in [0.05, 0.1) is 6.04 Å². The topological polar surface area (TPSA) is 150 Å². The molecule has 0 unspecified atom stereocenters. The molecule has 0 radical (unpaired) electrons. The van der Waals surface area contributed by atoms with Gasteiger partial charge in [-0.05, 0) is 12.5 Å². The maximum absolute atomic E-state index is 11.7. The predicted molar refractivity (Wildman–Crippen MR) is 65.2 cm³/mol. The normalized spacial score (nSPS) is 25.1. The lowest BCUT2D eigenvalue weighted by Gasteiger charge is -2.14. The summed E-state index contributed by atoms with van der Waals surface area (Å²) in [6, 6.07) is -0.915. The maximum atomic E-state index is 11.7. The highest BCUT2D eigenvalue weighted by atomic mass is 16.5. The molecule has 0 amide bonds. The average Bonchev–Trinajstić information content (AvgIpc) is 2.78. The van der Waals surface area contributed by atoms with Gasteiger partial charge in [0.25, 0.3) is 5.56 Å². The van der Waals surface area contributed by atoms with E-state index in [4.69, 9.17) is 15.4 Å². The SMILES string of the molecule is Cc1cn([C@@H]2C[C@@H](N=[N+]=[N-])[C@H](C(=O)O)O2)c(=O)[nH]c1=O. The van der Waals surface area contributed by atoms with Gasteiger partial charge >= 0.3 is 11.7 Å². The second-order valence-corrected chi connectivity index (χ2v) is 4.34. The monoisotopic (exact) mass is 281 g/mol. The Labute approximate surface area is 111 Å². The molecule has 2 rings (SSSR count). The van der Waals surface area contributed by atoms with Crippen molar-refractivity contribution in [1.29, 1.82) is 0 Å². The number of aryl methyl sites for hydroxylation is 1. The van der Waals surface area contributed by atoms with Crippen molar-refractivity contribution in [3.8, 4) is 0 Å². The van der Waals surface area contributed by atoms with Gasteiger partial charge in [0, 0.05) is 23.1 Å². The van der Waals surface area contributed by atoms with Crippen LogP contribution in [0.2, 0.25) is 0 Å². The number of aliphatic carboxylic acids is 1. The third-order valence-corrected chi connectivity index (χ3v) is 3.00. The van der Waals surface area contributed by atoms with Crippen LogP contribution >= 0.6 is 0 Å². The number of nitrogens with one attached hydrogen (secondary N) is 1. The summed E-state index contributed by atoms with van der Waals surface area (Å²) in [7, 11) is 0. The van der Waals surface area contributed by atoms with Gasteiger partial charge in [0.2, 0.25) is 0 Å². The Kier molecular flexibility index (Phi) is 3.59. The molecule has 0 aliphatic carbocycles. The molecule has 3 atom stereocenters. The third-order valence-electron chi connectivity index (χ3n) is 3.00. The number of H-pyrrole nitrogens is 1. The minimum atomic E-state index is -1.32. The number of azide groups is 1. The van der Waals surface area contributed by atoms with E-state index in [1.54, 1.807) is 0 Å². The standard InChI is InChI=1S/C10H11N5O5/c1-4-3-15(10(19)12-8(4)16)6-2-5(13-14-11)7(20-6)9(17)18/h3,5-7H,2H2,1H3,(H,17,18)(H,12,16,19)/t5-,6+,7-/m1/s1. The summed E-state index contributed by atoms with van der Waals surface area (Å²) in [5, 5.41) is 12.3. The van der Waals surface area contributed by atoms with E-state index in [0.29, 0.717) is 0 Å². The number of hydrogen-bond donors (Lipinski definition) is 2. The summed E-state index contributed by atoms with van der Waals surface area (Å²) in [5.41, 5.74) is 7.46. The molecule has 10 heteroatoms. The smallest absolute Gasteiger partial charge is 0.333 e. The molecule has 1 aromatic heterocycles. The minimum absolute atomic E-state index is 0.0341. The number of carboxylic acid groups (broad SMARTS) is 1. The highest BCUT2D eigenvalue weighted by Gasteiger charge is 2.40. The second-order valence-electron chi connectivity index (χ2n) is 4.34. The largest absolute Gasteiger partial charge is 0.479 e. The van der Waals surface area contributed by atoms with Crippen LogP contribution in [0.1, 0.15) is 18.2 Å². The summed E-state index contributed by atoms with van der Waals surface area (Å²) in [5.74, 6) is -1.28. The van der Waals surface area contributed by atoms with Crippen LogP contribution in [-0.4, -0.2) is 32.8 Å². The molecule has 2 heterocycles. The van der Waals surface area contributed by atoms with Gasteiger partial charge in [-0.15, -0.1) is 0 Å². The third kappa shape index (κ3) is 2.42. The number of ether oxygens (including phenoxy) is 1. The quantitative estimate of drug-likeness (QED) is 0.450. The van der Waals surface area contributed by atoms with Gasteiger partial charge in [-0.3, -0.25) is 14.3 Å². The lowest BCUT2D eigenvalue weighted by molar-refractivity contribution is -0.152. The molecule has 0 aromatic carbocycles. The van der Waals surface area contributed by atoms with Crippen molar-refractivity contribution in [2.75, 3.05) is 0 Å². The van der Waals surface area contributed by atoms with Gasteiger partial charge in [-0.1, -0.05) is 5.11 Å². The Morgan fingerprint density at radius 1 is 1.65 bits per heavy atom. The van der Waals surface area contributed by atoms with Crippen molar-refractivity contribution in [1.82, 2.24) is 9.55 Å². The number of hydrogen-bond acceptors (Lipinski definition) is 5. The molecule has 0 spiro atoms. The zero-order valence-corrected chi connectivity index (χ0v) is 10.4. The summed E-state index contributed by atoms with van der Waals surface area (Å²) in [4.78, 5) is 38.7. The Morgan fingerprint density at radius 2 is 2.35 bits per heavy atom. The number of carbonyl (C=O) groups is 1. The van der Waals surface area contributed by atoms with E-state index in [2.05, 4.69) is 15.0 Å². The van der Waals surface area contributed by atoms with Crippen LogP contribution in [0.25, 0.3) is 10.4 Å². The molecule has 0 saturated carbocycles. The van der Waals surface area contributed by atoms with Crippen molar-refractivity contribution < 1.29 is 14.6 Å². The Morgan fingerprint density at radius 3 is 2.95 bits per heavy atom. The number of aromatic amines is 1. The second kappa shape index (κ2) is 5.19. The first-order valence-electron chi connectivity index (χ1n) is 5.68. The van der Waals surface area contributed by atoms with Crippen LogP contribution in [0.4, 0.5) is 0 Å². The highest BCUT2D eigenvalue weighted by Crippen LogP contribution is 2.30. The number of nitrogens with zero attached hydrogens (tertiary/aromatic N) is 4. The fraction of sp³-hybridized carbons (Fsp3) is 0.500. The van der Waals surface area contributed by atoms with Crippen molar-refractivity contribution in [3.05, 3.63) is 43.0 Å². The van der Waals surface area contributed by atoms with Gasteiger partial charge in [-0.2, -0.15) is 0 Å². The lowest BCUT2D eigenvalue weighted by atomic mass is 10.1. The lowest BCUT2D eigenvalue weighted by Crippen LogP contribution is -2.34. The van der Waals surface area contributed by atoms with Gasteiger partial charge in [0.1, 0.15) is 6.23 Å². The molecule has 10 nitrogen and oxygen atoms in total. The van der Waals surface area contributed by atoms with Crippen molar-refractivity contribution in [2.24, 2.45) is 5.11 Å². The molecular weight excluding hydrogens is 270 g/mol. The summed E-state index contributed by atoms with van der Waals surface area (Å²) < 4.78 is 6.31. The Bertz CT molecular complexity index is 691. The number of rotatable bonds is 3. The first kappa shape index (κ1) is 13.8. The average molecular weight is 281 g/mol. The molecule has 106 valence electrons. The van der Waals surface area contributed by atoms with Gasteiger partial charge in [0.15, 0.2) is 6.10 Å². The first-order chi connectivity index (χ1) is 9.43. The molecular formula is C10H11N5O5. The van der Waals surface area contributed by atoms with E-state index in [-0.39, 0.29) is 12.0 Å². The van der Waals surface area contributed by atoms with E-state index < -0.39 is 35.6 Å². The summed E-state index contributed by atoms with van der Waals surface area (Å²) in [6.07, 6.45) is -0.917. The number of carboxylic acids is 1. The highest BCUT2D eigenvalue weighted by molar-refractivity contribution is 5.73. The van der Waals surface area contributed by atoms with E-state index in [1.807, 2.05) is 0 Å². The number of aromatic nitrogens is 2. The summed E-state index contributed by atoms with van der Waals surface area (Å²) in [6.45, 7) is 1.50. The molecule has 1 aromatic rings. The van der Waals surface area contributed by atoms with Crippen LogP contribution in [-0.2, 0) is 9.53 Å². The molecule has 1 aliphatic heterocycles. The molecule has 1 saturated heterocycles. The van der Waals surface area contributed by atoms with Gasteiger partial charge in [-0.25, -0.2) is 9.59 Å². The van der Waals surface area contributed by atoms with Crippen LogP contribution in [0.5, 0.6) is 0 Å². The van der Waals surface area contributed by atoms with E-state index in [1.165, 1.54) is 13.1 Å². The fourth-order valence-electron chi connectivity index (χ4n) is 2.02. The van der Waals surface area contributed by atoms with Crippen LogP contribution < -0.4 is 11.2 Å². The summed E-state index contributed by atoms with van der Waals surface area (Å²) >= 11 is 0. The minimum Gasteiger partial charge on any atom is -0.479 e.